The average Bonchev–Trinajstić information content (AvgIpc) is 2.64. The summed E-state index contributed by atoms with van der Waals surface area (Å²) < 4.78 is 27.0. The van der Waals surface area contributed by atoms with Gasteiger partial charge in [-0.2, -0.15) is 0 Å². The standard InChI is InChI=1S/C13H16F2O/c1-8-4-2-5-9(8)13(16)12-10(14)6-3-7-11(12)15/h3,6-9,13,16H,2,4-5H2,1H3. The van der Waals surface area contributed by atoms with Crippen molar-refractivity contribution in [3.05, 3.63) is 35.4 Å². The topological polar surface area (TPSA) is 20.2 Å². The van der Waals surface area contributed by atoms with Crippen LogP contribution in [0, 0.1) is 23.5 Å². The summed E-state index contributed by atoms with van der Waals surface area (Å²) in [4.78, 5) is 0. The highest BCUT2D eigenvalue weighted by atomic mass is 19.1. The van der Waals surface area contributed by atoms with Gasteiger partial charge in [-0.3, -0.25) is 0 Å². The molecule has 0 saturated heterocycles. The first-order valence-electron chi connectivity index (χ1n) is 5.73. The third kappa shape index (κ3) is 1.96. The molecule has 0 radical (unpaired) electrons. The fourth-order valence-corrected chi connectivity index (χ4v) is 2.65. The summed E-state index contributed by atoms with van der Waals surface area (Å²) in [5, 5.41) is 10.1. The highest BCUT2D eigenvalue weighted by Gasteiger charge is 2.33. The minimum atomic E-state index is -1.02. The molecule has 88 valence electrons. The molecule has 3 unspecified atom stereocenters. The van der Waals surface area contributed by atoms with E-state index < -0.39 is 17.7 Å². The van der Waals surface area contributed by atoms with Crippen LogP contribution in [-0.4, -0.2) is 5.11 Å². The highest BCUT2D eigenvalue weighted by Crippen LogP contribution is 2.41. The van der Waals surface area contributed by atoms with Gasteiger partial charge in [0.2, 0.25) is 0 Å². The third-order valence-electron chi connectivity index (χ3n) is 3.63. The lowest BCUT2D eigenvalue weighted by Crippen LogP contribution is -2.17. The summed E-state index contributed by atoms with van der Waals surface area (Å²) in [6.45, 7) is 2.03. The Kier molecular flexibility index (Phi) is 3.24. The Morgan fingerprint density at radius 1 is 1.25 bits per heavy atom. The van der Waals surface area contributed by atoms with Crippen molar-refractivity contribution < 1.29 is 13.9 Å². The molecule has 16 heavy (non-hydrogen) atoms. The molecule has 1 nitrogen and oxygen atoms in total. The average molecular weight is 226 g/mol. The summed E-state index contributed by atoms with van der Waals surface area (Å²) in [6.07, 6.45) is 1.88. The van der Waals surface area contributed by atoms with Crippen LogP contribution < -0.4 is 0 Å². The van der Waals surface area contributed by atoms with Gasteiger partial charge >= 0.3 is 0 Å². The molecule has 3 atom stereocenters. The molecular formula is C13H16F2O. The van der Waals surface area contributed by atoms with Crippen LogP contribution in [0.15, 0.2) is 18.2 Å². The van der Waals surface area contributed by atoms with E-state index in [4.69, 9.17) is 0 Å². The van der Waals surface area contributed by atoms with Crippen molar-refractivity contribution in [2.45, 2.75) is 32.3 Å². The van der Waals surface area contributed by atoms with Crippen molar-refractivity contribution in [3.63, 3.8) is 0 Å². The van der Waals surface area contributed by atoms with Crippen LogP contribution >= 0.6 is 0 Å². The Bertz CT molecular complexity index is 358. The van der Waals surface area contributed by atoms with Crippen molar-refractivity contribution in [1.82, 2.24) is 0 Å². The van der Waals surface area contributed by atoms with Crippen molar-refractivity contribution >= 4 is 0 Å². The van der Waals surface area contributed by atoms with Crippen molar-refractivity contribution in [1.29, 1.82) is 0 Å². The lowest BCUT2D eigenvalue weighted by atomic mass is 9.87. The van der Waals surface area contributed by atoms with E-state index in [1.807, 2.05) is 6.92 Å². The molecule has 0 aromatic heterocycles. The Morgan fingerprint density at radius 2 is 1.88 bits per heavy atom. The predicted molar refractivity (Wildman–Crippen MR) is 57.8 cm³/mol. The van der Waals surface area contributed by atoms with Gasteiger partial charge in [0.25, 0.3) is 0 Å². The van der Waals surface area contributed by atoms with Gasteiger partial charge in [0.1, 0.15) is 11.6 Å². The van der Waals surface area contributed by atoms with Crippen LogP contribution in [-0.2, 0) is 0 Å². The molecule has 0 aliphatic heterocycles. The fraction of sp³-hybridized carbons (Fsp3) is 0.538. The quantitative estimate of drug-likeness (QED) is 0.819. The zero-order valence-electron chi connectivity index (χ0n) is 9.29. The Balaban J connectivity index is 2.29. The number of rotatable bonds is 2. The zero-order chi connectivity index (χ0) is 11.7. The number of benzene rings is 1. The third-order valence-corrected chi connectivity index (χ3v) is 3.63. The smallest absolute Gasteiger partial charge is 0.131 e. The van der Waals surface area contributed by atoms with E-state index in [0.29, 0.717) is 5.92 Å². The largest absolute Gasteiger partial charge is 0.388 e. The molecule has 3 heteroatoms. The predicted octanol–water partition coefficient (Wildman–Crippen LogP) is 3.43. The normalized spacial score (nSPS) is 27.0. The molecule has 0 spiro atoms. The van der Waals surface area contributed by atoms with Gasteiger partial charge < -0.3 is 5.11 Å². The van der Waals surface area contributed by atoms with Crippen LogP contribution in [0.1, 0.15) is 37.9 Å². The molecule has 1 aliphatic carbocycles. The van der Waals surface area contributed by atoms with E-state index in [1.165, 1.54) is 18.2 Å². The molecule has 0 heterocycles. The van der Waals surface area contributed by atoms with Crippen molar-refractivity contribution in [2.24, 2.45) is 11.8 Å². The van der Waals surface area contributed by atoms with E-state index in [9.17, 15) is 13.9 Å². The maximum atomic E-state index is 13.5. The van der Waals surface area contributed by atoms with E-state index in [0.717, 1.165) is 19.3 Å². The number of aliphatic hydroxyl groups is 1. The van der Waals surface area contributed by atoms with Gasteiger partial charge in [-0.05, 0) is 30.4 Å². The summed E-state index contributed by atoms with van der Waals surface area (Å²) >= 11 is 0. The first kappa shape index (κ1) is 11.5. The van der Waals surface area contributed by atoms with Crippen LogP contribution in [0.5, 0.6) is 0 Å². The Labute approximate surface area is 94.1 Å². The molecule has 0 amide bonds. The summed E-state index contributed by atoms with van der Waals surface area (Å²) in [6, 6.07) is 3.71. The second-order valence-corrected chi connectivity index (χ2v) is 4.65. The van der Waals surface area contributed by atoms with Crippen LogP contribution in [0.2, 0.25) is 0 Å². The summed E-state index contributed by atoms with van der Waals surface area (Å²) in [5.41, 5.74) is -0.166. The minimum absolute atomic E-state index is 0.0219. The molecule has 1 aromatic carbocycles. The monoisotopic (exact) mass is 226 g/mol. The molecule has 1 N–H and O–H groups in total. The lowest BCUT2D eigenvalue weighted by molar-refractivity contribution is 0.0830. The maximum Gasteiger partial charge on any atom is 0.131 e. The Morgan fingerprint density at radius 3 is 2.38 bits per heavy atom. The summed E-state index contributed by atoms with van der Waals surface area (Å²) in [7, 11) is 0. The van der Waals surface area contributed by atoms with Gasteiger partial charge in [0.05, 0.1) is 11.7 Å². The SMILES string of the molecule is CC1CCCC1C(O)c1c(F)cccc1F. The second kappa shape index (κ2) is 4.50. The number of hydrogen-bond donors (Lipinski definition) is 1. The molecule has 2 rings (SSSR count). The molecule has 1 saturated carbocycles. The molecule has 0 bridgehead atoms. The second-order valence-electron chi connectivity index (χ2n) is 4.65. The van der Waals surface area contributed by atoms with Gasteiger partial charge in [-0.15, -0.1) is 0 Å². The first-order valence-corrected chi connectivity index (χ1v) is 5.73. The number of hydrogen-bond acceptors (Lipinski definition) is 1. The molecule has 1 aromatic rings. The molecule has 1 fully saturated rings. The number of halogens is 2. The molecular weight excluding hydrogens is 210 g/mol. The van der Waals surface area contributed by atoms with Gasteiger partial charge in [-0.1, -0.05) is 25.8 Å². The van der Waals surface area contributed by atoms with Crippen molar-refractivity contribution in [2.75, 3.05) is 0 Å². The summed E-state index contributed by atoms with van der Waals surface area (Å²) in [5.74, 6) is -0.987. The van der Waals surface area contributed by atoms with Gasteiger partial charge in [-0.25, -0.2) is 8.78 Å². The zero-order valence-corrected chi connectivity index (χ0v) is 9.29. The van der Waals surface area contributed by atoms with Gasteiger partial charge in [0.15, 0.2) is 0 Å². The van der Waals surface area contributed by atoms with Crippen molar-refractivity contribution in [3.8, 4) is 0 Å². The molecule has 1 aliphatic rings. The first-order chi connectivity index (χ1) is 7.61. The van der Waals surface area contributed by atoms with E-state index in [1.54, 1.807) is 0 Å². The van der Waals surface area contributed by atoms with E-state index >= 15 is 0 Å². The number of aliphatic hydroxyl groups excluding tert-OH is 1. The van der Waals surface area contributed by atoms with E-state index in [2.05, 4.69) is 0 Å². The Hall–Kier alpha value is -0.960. The minimum Gasteiger partial charge on any atom is -0.388 e. The van der Waals surface area contributed by atoms with Crippen LogP contribution in [0.25, 0.3) is 0 Å². The van der Waals surface area contributed by atoms with Gasteiger partial charge in [0, 0.05) is 0 Å². The fourth-order valence-electron chi connectivity index (χ4n) is 2.65. The van der Waals surface area contributed by atoms with E-state index in [-0.39, 0.29) is 11.5 Å². The maximum absolute atomic E-state index is 13.5. The highest BCUT2D eigenvalue weighted by molar-refractivity contribution is 5.23. The van der Waals surface area contributed by atoms with Crippen LogP contribution in [0.3, 0.4) is 0 Å². The lowest BCUT2D eigenvalue weighted by Gasteiger charge is -2.23. The van der Waals surface area contributed by atoms with Crippen LogP contribution in [0.4, 0.5) is 8.78 Å².